The van der Waals surface area contributed by atoms with Crippen LogP contribution in [0.1, 0.15) is 75.8 Å². The second-order valence-corrected chi connectivity index (χ2v) is 9.42. The predicted octanol–water partition coefficient (Wildman–Crippen LogP) is 6.26. The lowest BCUT2D eigenvalue weighted by atomic mass is 10.0. The lowest BCUT2D eigenvalue weighted by molar-refractivity contribution is -0.114. The van der Waals surface area contributed by atoms with Gasteiger partial charge in [-0.2, -0.15) is 0 Å². The van der Waals surface area contributed by atoms with Crippen molar-refractivity contribution in [2.24, 2.45) is 0 Å². The van der Waals surface area contributed by atoms with Crippen LogP contribution in [0.3, 0.4) is 0 Å². The topological polar surface area (TPSA) is 57.3 Å². The third kappa shape index (κ3) is 7.53. The van der Waals surface area contributed by atoms with Crippen LogP contribution in [0.4, 0.5) is 16.5 Å². The van der Waals surface area contributed by atoms with Crippen LogP contribution in [0.25, 0.3) is 0 Å². The molecule has 0 atom stereocenters. The van der Waals surface area contributed by atoms with Gasteiger partial charge in [0.2, 0.25) is 5.91 Å². The highest BCUT2D eigenvalue weighted by atomic mass is 32.1. The Morgan fingerprint density at radius 3 is 2.19 bits per heavy atom. The van der Waals surface area contributed by atoms with Crippen LogP contribution in [0, 0.1) is 0 Å². The molecule has 0 unspecified atom stereocenters. The van der Waals surface area contributed by atoms with E-state index in [9.17, 15) is 4.79 Å². The SMILES string of the molecule is CCN(CC)c1ccc(NCC(=O)Nc2nc3c(s2)CCCCCCCCCC3)cc1. The maximum Gasteiger partial charge on any atom is 0.245 e. The summed E-state index contributed by atoms with van der Waals surface area (Å²) in [7, 11) is 0. The number of anilines is 3. The quantitative estimate of drug-likeness (QED) is 0.531. The van der Waals surface area contributed by atoms with E-state index in [1.165, 1.54) is 67.6 Å². The summed E-state index contributed by atoms with van der Waals surface area (Å²) in [6.45, 7) is 6.54. The lowest BCUT2D eigenvalue weighted by Gasteiger charge is -2.21. The Morgan fingerprint density at radius 2 is 1.55 bits per heavy atom. The molecule has 0 aliphatic heterocycles. The van der Waals surface area contributed by atoms with Crippen molar-refractivity contribution in [2.75, 3.05) is 35.2 Å². The van der Waals surface area contributed by atoms with Crippen LogP contribution in [0.2, 0.25) is 0 Å². The molecule has 0 saturated carbocycles. The Labute approximate surface area is 191 Å². The molecule has 1 aromatic heterocycles. The van der Waals surface area contributed by atoms with Gasteiger partial charge >= 0.3 is 0 Å². The Hall–Kier alpha value is -2.08. The molecular formula is C25H38N4OS. The van der Waals surface area contributed by atoms with E-state index in [0.29, 0.717) is 0 Å². The number of rotatable bonds is 7. The number of fused-ring (bicyclic) bond motifs is 1. The molecule has 170 valence electrons. The second-order valence-electron chi connectivity index (χ2n) is 8.34. The monoisotopic (exact) mass is 442 g/mol. The van der Waals surface area contributed by atoms with Crippen molar-refractivity contribution in [3.8, 4) is 0 Å². The minimum absolute atomic E-state index is 0.0439. The summed E-state index contributed by atoms with van der Waals surface area (Å²) in [5.41, 5.74) is 3.37. The van der Waals surface area contributed by atoms with Gasteiger partial charge in [-0.25, -0.2) is 4.98 Å². The van der Waals surface area contributed by atoms with E-state index in [1.54, 1.807) is 11.3 Å². The molecule has 5 nitrogen and oxygen atoms in total. The molecule has 1 amide bonds. The van der Waals surface area contributed by atoms with Gasteiger partial charge in [0.1, 0.15) is 0 Å². The van der Waals surface area contributed by atoms with Gasteiger partial charge < -0.3 is 15.5 Å². The minimum atomic E-state index is -0.0439. The van der Waals surface area contributed by atoms with Crippen molar-refractivity contribution in [1.29, 1.82) is 0 Å². The highest BCUT2D eigenvalue weighted by Gasteiger charge is 2.14. The zero-order chi connectivity index (χ0) is 21.9. The van der Waals surface area contributed by atoms with Gasteiger partial charge in [0, 0.05) is 29.3 Å². The molecule has 0 radical (unpaired) electrons. The van der Waals surface area contributed by atoms with Crippen molar-refractivity contribution in [2.45, 2.75) is 78.1 Å². The molecule has 2 aromatic rings. The summed E-state index contributed by atoms with van der Waals surface area (Å²) < 4.78 is 0. The average molecular weight is 443 g/mol. The molecular weight excluding hydrogens is 404 g/mol. The molecule has 1 aliphatic carbocycles. The smallest absolute Gasteiger partial charge is 0.245 e. The fourth-order valence-corrected chi connectivity index (χ4v) is 5.26. The van der Waals surface area contributed by atoms with E-state index in [2.05, 4.69) is 41.5 Å². The molecule has 0 bridgehead atoms. The zero-order valence-corrected chi connectivity index (χ0v) is 20.0. The first-order valence-corrected chi connectivity index (χ1v) is 12.9. The molecule has 0 spiro atoms. The van der Waals surface area contributed by atoms with Crippen LogP contribution < -0.4 is 15.5 Å². The van der Waals surface area contributed by atoms with Crippen molar-refractivity contribution < 1.29 is 4.79 Å². The van der Waals surface area contributed by atoms with E-state index in [1.807, 2.05) is 12.1 Å². The van der Waals surface area contributed by atoms with Crippen molar-refractivity contribution in [3.63, 3.8) is 0 Å². The normalized spacial score (nSPS) is 15.3. The molecule has 6 heteroatoms. The van der Waals surface area contributed by atoms with Gasteiger partial charge in [-0.3, -0.25) is 4.79 Å². The Morgan fingerprint density at radius 1 is 0.935 bits per heavy atom. The summed E-state index contributed by atoms with van der Waals surface area (Å²) in [6, 6.07) is 8.27. The first kappa shape index (κ1) is 23.6. The fourth-order valence-electron chi connectivity index (χ4n) is 4.19. The number of thiazole rings is 1. The van der Waals surface area contributed by atoms with Gasteiger partial charge in [-0.05, 0) is 63.8 Å². The number of nitrogens with one attached hydrogen (secondary N) is 2. The first-order chi connectivity index (χ1) is 15.2. The predicted molar refractivity (Wildman–Crippen MR) is 134 cm³/mol. The van der Waals surface area contributed by atoms with E-state index >= 15 is 0 Å². The standard InChI is InChI=1S/C25H38N4OS/c1-3-29(4-2)21-17-15-20(16-18-21)26-19-24(30)28-25-27-22-13-11-9-7-5-6-8-10-12-14-23(22)31-25/h15-18,26H,3-14,19H2,1-2H3,(H,27,28,30). The number of carbonyl (C=O) groups excluding carboxylic acids is 1. The summed E-state index contributed by atoms with van der Waals surface area (Å²) in [6.07, 6.45) is 12.6. The molecule has 1 aliphatic rings. The minimum Gasteiger partial charge on any atom is -0.376 e. The highest BCUT2D eigenvalue weighted by Crippen LogP contribution is 2.27. The molecule has 0 saturated heterocycles. The highest BCUT2D eigenvalue weighted by molar-refractivity contribution is 7.15. The van der Waals surface area contributed by atoms with Gasteiger partial charge in [0.25, 0.3) is 0 Å². The van der Waals surface area contributed by atoms with Crippen LogP contribution in [0.15, 0.2) is 24.3 Å². The summed E-state index contributed by atoms with van der Waals surface area (Å²) in [5.74, 6) is -0.0439. The van der Waals surface area contributed by atoms with Crippen molar-refractivity contribution in [1.82, 2.24) is 4.98 Å². The number of carbonyl (C=O) groups is 1. The molecule has 2 N–H and O–H groups in total. The van der Waals surface area contributed by atoms with E-state index in [-0.39, 0.29) is 12.5 Å². The van der Waals surface area contributed by atoms with E-state index < -0.39 is 0 Å². The van der Waals surface area contributed by atoms with Crippen LogP contribution in [0.5, 0.6) is 0 Å². The number of nitrogens with zero attached hydrogens (tertiary/aromatic N) is 2. The maximum absolute atomic E-state index is 12.5. The van der Waals surface area contributed by atoms with E-state index in [4.69, 9.17) is 4.98 Å². The average Bonchev–Trinajstić information content (AvgIpc) is 3.15. The van der Waals surface area contributed by atoms with Gasteiger partial charge in [0.05, 0.1) is 12.2 Å². The molecule has 31 heavy (non-hydrogen) atoms. The van der Waals surface area contributed by atoms with Gasteiger partial charge in [-0.15, -0.1) is 11.3 Å². The number of aromatic nitrogens is 1. The first-order valence-electron chi connectivity index (χ1n) is 12.1. The van der Waals surface area contributed by atoms with Gasteiger partial charge in [0.15, 0.2) is 5.13 Å². The largest absolute Gasteiger partial charge is 0.376 e. The lowest BCUT2D eigenvalue weighted by Crippen LogP contribution is -2.22. The maximum atomic E-state index is 12.5. The van der Waals surface area contributed by atoms with Crippen molar-refractivity contribution >= 4 is 33.8 Å². The van der Waals surface area contributed by atoms with Crippen LogP contribution in [-0.2, 0) is 17.6 Å². The summed E-state index contributed by atoms with van der Waals surface area (Å²) in [4.78, 5) is 20.9. The van der Waals surface area contributed by atoms with Crippen molar-refractivity contribution in [3.05, 3.63) is 34.8 Å². The van der Waals surface area contributed by atoms with E-state index in [0.717, 1.165) is 36.8 Å². The Bertz CT molecular complexity index is 769. The third-order valence-corrected chi connectivity index (χ3v) is 7.11. The Kier molecular flexibility index (Phi) is 9.66. The summed E-state index contributed by atoms with van der Waals surface area (Å²) in [5, 5.41) is 6.99. The third-order valence-electron chi connectivity index (χ3n) is 6.04. The Balaban J connectivity index is 1.52. The number of hydrogen-bond acceptors (Lipinski definition) is 5. The fraction of sp³-hybridized carbons (Fsp3) is 0.600. The number of benzene rings is 1. The molecule has 1 heterocycles. The zero-order valence-electron chi connectivity index (χ0n) is 19.2. The molecule has 0 fully saturated rings. The number of hydrogen-bond donors (Lipinski definition) is 2. The van der Waals surface area contributed by atoms with Gasteiger partial charge in [-0.1, -0.05) is 38.5 Å². The van der Waals surface area contributed by atoms with Crippen LogP contribution >= 0.6 is 11.3 Å². The number of amides is 1. The second kappa shape index (κ2) is 12.7. The summed E-state index contributed by atoms with van der Waals surface area (Å²) >= 11 is 1.67. The number of aryl methyl sites for hydroxylation is 2. The van der Waals surface area contributed by atoms with Crippen LogP contribution in [-0.4, -0.2) is 30.5 Å². The molecule has 1 aromatic carbocycles. The molecule has 3 rings (SSSR count).